The molecule has 1 aromatic rings. The number of anilines is 1. The van der Waals surface area contributed by atoms with E-state index in [2.05, 4.69) is 44.0 Å². The number of nitrogens with two attached hydrogens (primary N) is 1. The molecule has 94 valence electrons. The molecule has 2 nitrogen and oxygen atoms in total. The summed E-state index contributed by atoms with van der Waals surface area (Å²) >= 11 is 0. The molecule has 2 rings (SSSR count). The summed E-state index contributed by atoms with van der Waals surface area (Å²) in [6.45, 7) is 4.34. The molecule has 0 saturated heterocycles. The van der Waals surface area contributed by atoms with Gasteiger partial charge in [0.2, 0.25) is 0 Å². The molecular weight excluding hydrogens is 208 g/mol. The van der Waals surface area contributed by atoms with Crippen LogP contribution in [0, 0.1) is 6.92 Å². The Balaban J connectivity index is 2.10. The van der Waals surface area contributed by atoms with E-state index in [4.69, 9.17) is 5.73 Å². The monoisotopic (exact) mass is 232 g/mol. The number of hydrogen-bond acceptors (Lipinski definition) is 2. The van der Waals surface area contributed by atoms with E-state index in [0.29, 0.717) is 6.04 Å². The standard InChI is InChI=1S/C15H24N2/c1-4-13(16)10-12-5-6-15(9-11(12)2)17(3)14-7-8-14/h5-6,9,13-14H,4,7-8,10,16H2,1-3H3. The third kappa shape index (κ3) is 3.01. The number of aryl methyl sites for hydroxylation is 1. The summed E-state index contributed by atoms with van der Waals surface area (Å²) < 4.78 is 0. The second kappa shape index (κ2) is 5.09. The first-order valence-corrected chi connectivity index (χ1v) is 6.69. The first kappa shape index (κ1) is 12.4. The van der Waals surface area contributed by atoms with Gasteiger partial charge in [-0.2, -0.15) is 0 Å². The van der Waals surface area contributed by atoms with Gasteiger partial charge in [0, 0.05) is 24.8 Å². The minimum absolute atomic E-state index is 0.292. The maximum absolute atomic E-state index is 6.02. The van der Waals surface area contributed by atoms with Gasteiger partial charge in [-0.05, 0) is 55.9 Å². The van der Waals surface area contributed by atoms with Crippen LogP contribution in [0.3, 0.4) is 0 Å². The van der Waals surface area contributed by atoms with E-state index in [0.717, 1.165) is 18.9 Å². The van der Waals surface area contributed by atoms with Crippen molar-refractivity contribution in [3.63, 3.8) is 0 Å². The van der Waals surface area contributed by atoms with Crippen molar-refractivity contribution < 1.29 is 0 Å². The van der Waals surface area contributed by atoms with Crippen molar-refractivity contribution in [2.45, 2.75) is 51.6 Å². The molecule has 1 fully saturated rings. The van der Waals surface area contributed by atoms with Gasteiger partial charge in [0.15, 0.2) is 0 Å². The van der Waals surface area contributed by atoms with Crippen LogP contribution < -0.4 is 10.6 Å². The van der Waals surface area contributed by atoms with Crippen LogP contribution in [0.25, 0.3) is 0 Å². The number of benzene rings is 1. The molecule has 1 aliphatic carbocycles. The smallest absolute Gasteiger partial charge is 0.0368 e. The van der Waals surface area contributed by atoms with Gasteiger partial charge in [-0.1, -0.05) is 13.0 Å². The van der Waals surface area contributed by atoms with Crippen LogP contribution >= 0.6 is 0 Å². The van der Waals surface area contributed by atoms with Crippen molar-refractivity contribution in [2.75, 3.05) is 11.9 Å². The molecule has 1 saturated carbocycles. The van der Waals surface area contributed by atoms with Crippen molar-refractivity contribution in [1.82, 2.24) is 0 Å². The van der Waals surface area contributed by atoms with Gasteiger partial charge in [0.1, 0.15) is 0 Å². The van der Waals surface area contributed by atoms with Crippen LogP contribution in [0.4, 0.5) is 5.69 Å². The highest BCUT2D eigenvalue weighted by molar-refractivity contribution is 5.52. The Morgan fingerprint density at radius 2 is 2.12 bits per heavy atom. The lowest BCUT2D eigenvalue weighted by atomic mass is 9.99. The summed E-state index contributed by atoms with van der Waals surface area (Å²) in [7, 11) is 2.20. The maximum atomic E-state index is 6.02. The molecule has 0 spiro atoms. The minimum atomic E-state index is 0.292. The quantitative estimate of drug-likeness (QED) is 0.846. The summed E-state index contributed by atoms with van der Waals surface area (Å²) in [5, 5.41) is 0. The Morgan fingerprint density at radius 1 is 1.41 bits per heavy atom. The molecule has 0 bridgehead atoms. The molecule has 1 aromatic carbocycles. The van der Waals surface area contributed by atoms with Gasteiger partial charge in [-0.3, -0.25) is 0 Å². The van der Waals surface area contributed by atoms with Crippen LogP contribution in [0.1, 0.15) is 37.3 Å². The van der Waals surface area contributed by atoms with Crippen LogP contribution in [-0.2, 0) is 6.42 Å². The number of hydrogen-bond donors (Lipinski definition) is 1. The SMILES string of the molecule is CCC(N)Cc1ccc(N(C)C2CC2)cc1C. The number of nitrogens with zero attached hydrogens (tertiary/aromatic N) is 1. The zero-order chi connectivity index (χ0) is 12.4. The third-order valence-corrected chi connectivity index (χ3v) is 3.83. The van der Waals surface area contributed by atoms with Crippen molar-refractivity contribution in [1.29, 1.82) is 0 Å². The summed E-state index contributed by atoms with van der Waals surface area (Å²) in [4.78, 5) is 2.40. The highest BCUT2D eigenvalue weighted by atomic mass is 15.2. The first-order valence-electron chi connectivity index (χ1n) is 6.69. The van der Waals surface area contributed by atoms with Crippen LogP contribution in [0.15, 0.2) is 18.2 Å². The predicted molar refractivity (Wildman–Crippen MR) is 74.6 cm³/mol. The Morgan fingerprint density at radius 3 is 2.65 bits per heavy atom. The van der Waals surface area contributed by atoms with Gasteiger partial charge in [0.05, 0.1) is 0 Å². The fourth-order valence-corrected chi connectivity index (χ4v) is 2.23. The molecule has 1 atom stereocenters. The fourth-order valence-electron chi connectivity index (χ4n) is 2.23. The van der Waals surface area contributed by atoms with E-state index in [1.54, 1.807) is 0 Å². The van der Waals surface area contributed by atoms with Crippen molar-refractivity contribution in [3.05, 3.63) is 29.3 Å². The highest BCUT2D eigenvalue weighted by Crippen LogP contribution is 2.31. The molecule has 0 aromatic heterocycles. The van der Waals surface area contributed by atoms with Crippen LogP contribution in [0.2, 0.25) is 0 Å². The lowest BCUT2D eigenvalue weighted by Crippen LogP contribution is -2.22. The molecule has 1 aliphatic rings. The molecule has 0 aliphatic heterocycles. The van der Waals surface area contributed by atoms with E-state index < -0.39 is 0 Å². The summed E-state index contributed by atoms with van der Waals surface area (Å²) in [5.74, 6) is 0. The number of rotatable bonds is 5. The summed E-state index contributed by atoms with van der Waals surface area (Å²) in [5.41, 5.74) is 10.1. The topological polar surface area (TPSA) is 29.3 Å². The minimum Gasteiger partial charge on any atom is -0.372 e. The lowest BCUT2D eigenvalue weighted by Gasteiger charge is -2.20. The molecular formula is C15H24N2. The van der Waals surface area contributed by atoms with E-state index in [9.17, 15) is 0 Å². The lowest BCUT2D eigenvalue weighted by molar-refractivity contribution is 0.644. The van der Waals surface area contributed by atoms with Gasteiger partial charge >= 0.3 is 0 Å². The van der Waals surface area contributed by atoms with Crippen molar-refractivity contribution >= 4 is 5.69 Å². The average Bonchev–Trinajstić information content (AvgIpc) is 3.14. The van der Waals surface area contributed by atoms with Crippen molar-refractivity contribution in [3.8, 4) is 0 Å². The Bertz CT molecular complexity index is 383. The van der Waals surface area contributed by atoms with E-state index in [1.165, 1.54) is 29.7 Å². The second-order valence-electron chi connectivity index (χ2n) is 5.33. The Labute approximate surface area is 105 Å². The third-order valence-electron chi connectivity index (χ3n) is 3.83. The molecule has 1 unspecified atom stereocenters. The molecule has 2 heteroatoms. The molecule has 17 heavy (non-hydrogen) atoms. The Kier molecular flexibility index (Phi) is 3.72. The normalized spacial score (nSPS) is 16.9. The van der Waals surface area contributed by atoms with Gasteiger partial charge in [0.25, 0.3) is 0 Å². The zero-order valence-corrected chi connectivity index (χ0v) is 11.2. The second-order valence-corrected chi connectivity index (χ2v) is 5.33. The van der Waals surface area contributed by atoms with Gasteiger partial charge < -0.3 is 10.6 Å². The fraction of sp³-hybridized carbons (Fsp3) is 0.600. The van der Waals surface area contributed by atoms with E-state index in [1.807, 2.05) is 0 Å². The average molecular weight is 232 g/mol. The van der Waals surface area contributed by atoms with Gasteiger partial charge in [-0.25, -0.2) is 0 Å². The van der Waals surface area contributed by atoms with Crippen LogP contribution in [0.5, 0.6) is 0 Å². The molecule has 0 heterocycles. The first-order chi connectivity index (χ1) is 8.11. The van der Waals surface area contributed by atoms with Crippen LogP contribution in [-0.4, -0.2) is 19.1 Å². The van der Waals surface area contributed by atoms with E-state index >= 15 is 0 Å². The predicted octanol–water partition coefficient (Wildman–Crippen LogP) is 2.87. The zero-order valence-electron chi connectivity index (χ0n) is 11.2. The highest BCUT2D eigenvalue weighted by Gasteiger charge is 2.26. The largest absolute Gasteiger partial charge is 0.372 e. The van der Waals surface area contributed by atoms with Gasteiger partial charge in [-0.15, -0.1) is 0 Å². The Hall–Kier alpha value is -1.02. The molecule has 0 amide bonds. The molecule has 0 radical (unpaired) electrons. The summed E-state index contributed by atoms with van der Waals surface area (Å²) in [6, 6.07) is 7.86. The van der Waals surface area contributed by atoms with Crippen molar-refractivity contribution in [2.24, 2.45) is 5.73 Å². The summed E-state index contributed by atoms with van der Waals surface area (Å²) in [6.07, 6.45) is 4.73. The molecule has 2 N–H and O–H groups in total. The maximum Gasteiger partial charge on any atom is 0.0368 e. The van der Waals surface area contributed by atoms with E-state index in [-0.39, 0.29) is 0 Å².